The van der Waals surface area contributed by atoms with Crippen LogP contribution in [-0.4, -0.2) is 0 Å². The fourth-order valence-electron chi connectivity index (χ4n) is 2.83. The van der Waals surface area contributed by atoms with E-state index in [-0.39, 0.29) is 0 Å². The highest BCUT2D eigenvalue weighted by atomic mass is 35.5. The van der Waals surface area contributed by atoms with Crippen LogP contribution in [0.15, 0.2) is 66.0 Å². The molecule has 0 bridgehead atoms. The van der Waals surface area contributed by atoms with E-state index in [2.05, 4.69) is 53.9 Å². The summed E-state index contributed by atoms with van der Waals surface area (Å²) in [4.78, 5) is 0. The van der Waals surface area contributed by atoms with Gasteiger partial charge in [0.2, 0.25) is 0 Å². The zero-order valence-corrected chi connectivity index (χ0v) is 12.9. The molecule has 0 atom stereocenters. The van der Waals surface area contributed by atoms with Gasteiger partial charge in [-0.3, -0.25) is 0 Å². The summed E-state index contributed by atoms with van der Waals surface area (Å²) in [6.07, 6.45) is 0.940. The van der Waals surface area contributed by atoms with Gasteiger partial charge in [0.25, 0.3) is 0 Å². The van der Waals surface area contributed by atoms with Crippen LogP contribution in [0.2, 0.25) is 5.02 Å². The predicted octanol–water partition coefficient (Wildman–Crippen LogP) is 6.30. The summed E-state index contributed by atoms with van der Waals surface area (Å²) in [6.45, 7) is 0. The number of benzene rings is 3. The third-order valence-electron chi connectivity index (χ3n) is 3.85. The maximum Gasteiger partial charge on any atom is 0.0424 e. The normalized spacial score (nSPS) is 11.3. The van der Waals surface area contributed by atoms with Crippen LogP contribution in [-0.2, 0) is 6.42 Å². The molecular formula is C19H13ClS. The smallest absolute Gasteiger partial charge is 0.0424 e. The number of fused-ring (bicyclic) bond motifs is 3. The van der Waals surface area contributed by atoms with E-state index in [1.807, 2.05) is 23.5 Å². The van der Waals surface area contributed by atoms with E-state index < -0.39 is 0 Å². The molecule has 0 aliphatic heterocycles. The highest BCUT2D eigenvalue weighted by Gasteiger charge is 2.08. The number of hydrogen-bond donors (Lipinski definition) is 0. The molecule has 0 N–H and O–H groups in total. The third-order valence-corrected chi connectivity index (χ3v) is 5.05. The van der Waals surface area contributed by atoms with Crippen LogP contribution in [0, 0.1) is 0 Å². The second-order valence-electron chi connectivity index (χ2n) is 5.22. The van der Waals surface area contributed by atoms with Gasteiger partial charge in [-0.2, -0.15) is 0 Å². The molecule has 0 aliphatic rings. The van der Waals surface area contributed by atoms with E-state index in [4.69, 9.17) is 11.6 Å². The Labute approximate surface area is 132 Å². The molecule has 21 heavy (non-hydrogen) atoms. The second kappa shape index (κ2) is 5.18. The molecule has 0 saturated carbocycles. The van der Waals surface area contributed by atoms with Crippen molar-refractivity contribution < 1.29 is 0 Å². The Hall–Kier alpha value is -1.83. The van der Waals surface area contributed by atoms with Crippen LogP contribution in [0.1, 0.15) is 11.1 Å². The van der Waals surface area contributed by atoms with Gasteiger partial charge in [-0.1, -0.05) is 54.1 Å². The summed E-state index contributed by atoms with van der Waals surface area (Å²) < 4.78 is 1.39. The van der Waals surface area contributed by atoms with Crippen molar-refractivity contribution in [1.29, 1.82) is 0 Å². The molecule has 1 aromatic heterocycles. The van der Waals surface area contributed by atoms with Gasteiger partial charge in [-0.25, -0.2) is 0 Å². The molecule has 0 fully saturated rings. The van der Waals surface area contributed by atoms with E-state index in [9.17, 15) is 0 Å². The fourth-order valence-corrected chi connectivity index (χ4v) is 3.94. The molecule has 2 heteroatoms. The van der Waals surface area contributed by atoms with Crippen molar-refractivity contribution in [2.75, 3.05) is 0 Å². The lowest BCUT2D eigenvalue weighted by molar-refractivity contribution is 1.22. The van der Waals surface area contributed by atoms with Crippen LogP contribution in [0.5, 0.6) is 0 Å². The minimum Gasteiger partial charge on any atom is -0.143 e. The van der Waals surface area contributed by atoms with E-state index in [1.165, 1.54) is 32.0 Å². The first-order valence-electron chi connectivity index (χ1n) is 6.93. The second-order valence-corrected chi connectivity index (χ2v) is 6.58. The van der Waals surface area contributed by atoms with Crippen molar-refractivity contribution in [3.05, 3.63) is 82.2 Å². The standard InChI is InChI=1S/C19H13ClS/c20-16-7-5-13(6-8-16)11-15-12-14-3-1-2-4-17(14)19-18(15)9-10-21-19/h1-10,12H,11H2. The summed E-state index contributed by atoms with van der Waals surface area (Å²) in [5.41, 5.74) is 2.68. The highest BCUT2D eigenvalue weighted by Crippen LogP contribution is 2.33. The molecule has 102 valence electrons. The topological polar surface area (TPSA) is 0 Å². The van der Waals surface area contributed by atoms with Crippen molar-refractivity contribution in [3.8, 4) is 0 Å². The predicted molar refractivity (Wildman–Crippen MR) is 93.6 cm³/mol. The van der Waals surface area contributed by atoms with Gasteiger partial charge in [0, 0.05) is 9.72 Å². The largest absolute Gasteiger partial charge is 0.143 e. The zero-order chi connectivity index (χ0) is 14.2. The first kappa shape index (κ1) is 12.9. The average molecular weight is 309 g/mol. The Balaban J connectivity index is 1.90. The Morgan fingerprint density at radius 3 is 2.52 bits per heavy atom. The Morgan fingerprint density at radius 1 is 0.857 bits per heavy atom. The Kier molecular flexibility index (Phi) is 3.17. The lowest BCUT2D eigenvalue weighted by atomic mass is 9.98. The first-order valence-corrected chi connectivity index (χ1v) is 8.19. The summed E-state index contributed by atoms with van der Waals surface area (Å²) in [7, 11) is 0. The third kappa shape index (κ3) is 2.33. The summed E-state index contributed by atoms with van der Waals surface area (Å²) in [6, 6.07) is 21.3. The van der Waals surface area contributed by atoms with Crippen molar-refractivity contribution >= 4 is 43.8 Å². The molecule has 0 spiro atoms. The molecule has 1 heterocycles. The minimum atomic E-state index is 0.790. The monoisotopic (exact) mass is 308 g/mol. The Bertz CT molecular complexity index is 919. The number of thiophene rings is 1. The Morgan fingerprint density at radius 2 is 1.67 bits per heavy atom. The van der Waals surface area contributed by atoms with Crippen LogP contribution in [0.3, 0.4) is 0 Å². The summed E-state index contributed by atoms with van der Waals surface area (Å²) in [5.74, 6) is 0. The van der Waals surface area contributed by atoms with Crippen molar-refractivity contribution in [1.82, 2.24) is 0 Å². The van der Waals surface area contributed by atoms with E-state index >= 15 is 0 Å². The fraction of sp³-hybridized carbons (Fsp3) is 0.0526. The lowest BCUT2D eigenvalue weighted by Gasteiger charge is -2.08. The molecule has 4 rings (SSSR count). The van der Waals surface area contributed by atoms with Gasteiger partial charge in [0.05, 0.1) is 0 Å². The average Bonchev–Trinajstić information content (AvgIpc) is 3.00. The molecule has 0 saturated heterocycles. The van der Waals surface area contributed by atoms with Gasteiger partial charge in [-0.15, -0.1) is 11.3 Å². The first-order chi connectivity index (χ1) is 10.3. The van der Waals surface area contributed by atoms with Crippen LogP contribution >= 0.6 is 22.9 Å². The minimum absolute atomic E-state index is 0.790. The molecule has 0 amide bonds. The van der Waals surface area contributed by atoms with Crippen molar-refractivity contribution in [2.24, 2.45) is 0 Å². The zero-order valence-electron chi connectivity index (χ0n) is 11.3. The molecule has 0 radical (unpaired) electrons. The van der Waals surface area contributed by atoms with Gasteiger partial charge in [0.1, 0.15) is 0 Å². The summed E-state index contributed by atoms with van der Waals surface area (Å²) >= 11 is 7.79. The molecule has 0 nitrogen and oxygen atoms in total. The van der Waals surface area contributed by atoms with Gasteiger partial charge in [-0.05, 0) is 57.3 Å². The summed E-state index contributed by atoms with van der Waals surface area (Å²) in [5, 5.41) is 7.01. The molecule has 3 aromatic carbocycles. The molecular weight excluding hydrogens is 296 g/mol. The molecule has 0 unspecified atom stereocenters. The van der Waals surface area contributed by atoms with Crippen LogP contribution in [0.4, 0.5) is 0 Å². The quantitative estimate of drug-likeness (QED) is 0.407. The molecule has 0 aliphatic carbocycles. The number of halogens is 1. The van der Waals surface area contributed by atoms with Crippen LogP contribution in [0.25, 0.3) is 20.9 Å². The van der Waals surface area contributed by atoms with Crippen molar-refractivity contribution in [2.45, 2.75) is 6.42 Å². The van der Waals surface area contributed by atoms with Crippen molar-refractivity contribution in [3.63, 3.8) is 0 Å². The van der Waals surface area contributed by atoms with Gasteiger partial charge < -0.3 is 0 Å². The highest BCUT2D eigenvalue weighted by molar-refractivity contribution is 7.18. The number of hydrogen-bond acceptors (Lipinski definition) is 1. The van der Waals surface area contributed by atoms with E-state index in [1.54, 1.807) is 0 Å². The number of rotatable bonds is 2. The molecule has 4 aromatic rings. The SMILES string of the molecule is Clc1ccc(Cc2cc3ccccc3c3sccc23)cc1. The van der Waals surface area contributed by atoms with Gasteiger partial charge in [0.15, 0.2) is 0 Å². The van der Waals surface area contributed by atoms with Gasteiger partial charge >= 0.3 is 0 Å². The van der Waals surface area contributed by atoms with E-state index in [0.29, 0.717) is 0 Å². The van der Waals surface area contributed by atoms with E-state index in [0.717, 1.165) is 11.4 Å². The maximum atomic E-state index is 5.97. The lowest BCUT2D eigenvalue weighted by Crippen LogP contribution is -1.89. The maximum absolute atomic E-state index is 5.97. The van der Waals surface area contributed by atoms with Crippen LogP contribution < -0.4 is 0 Å².